The molecular weight excluding hydrogens is 224 g/mol. The van der Waals surface area contributed by atoms with Gasteiger partial charge in [0.1, 0.15) is 11.6 Å². The Bertz CT molecular complexity index is 417. The van der Waals surface area contributed by atoms with Crippen LogP contribution in [0.2, 0.25) is 0 Å². The van der Waals surface area contributed by atoms with Crippen molar-refractivity contribution >= 4 is 0 Å². The maximum atomic E-state index is 5.78. The molecule has 4 heteroatoms. The largest absolute Gasteiger partial charge is 0.330 e. The van der Waals surface area contributed by atoms with Gasteiger partial charge in [-0.15, -0.1) is 10.2 Å². The second-order valence-electron chi connectivity index (χ2n) is 6.03. The molecule has 4 nitrogen and oxygen atoms in total. The fourth-order valence-electron chi connectivity index (χ4n) is 3.77. The number of rotatable bonds is 3. The Balaban J connectivity index is 1.93. The molecule has 1 aliphatic heterocycles. The van der Waals surface area contributed by atoms with Crippen LogP contribution in [0, 0.1) is 5.92 Å². The van der Waals surface area contributed by atoms with Crippen LogP contribution in [0.1, 0.15) is 57.1 Å². The fourth-order valence-corrected chi connectivity index (χ4v) is 3.77. The molecule has 0 bridgehead atoms. The van der Waals surface area contributed by atoms with Crippen molar-refractivity contribution in [2.45, 2.75) is 63.8 Å². The molecule has 2 aliphatic rings. The van der Waals surface area contributed by atoms with Crippen LogP contribution in [-0.2, 0) is 18.4 Å². The zero-order valence-corrected chi connectivity index (χ0v) is 11.4. The molecule has 18 heavy (non-hydrogen) atoms. The van der Waals surface area contributed by atoms with Crippen molar-refractivity contribution in [1.82, 2.24) is 14.8 Å². The van der Waals surface area contributed by atoms with Crippen molar-refractivity contribution in [3.05, 3.63) is 11.6 Å². The van der Waals surface area contributed by atoms with Crippen molar-refractivity contribution in [1.29, 1.82) is 0 Å². The predicted molar refractivity (Wildman–Crippen MR) is 71.3 cm³/mol. The molecule has 1 atom stereocenters. The summed E-state index contributed by atoms with van der Waals surface area (Å²) in [5.41, 5.74) is 6.10. The van der Waals surface area contributed by atoms with Gasteiger partial charge in [0, 0.05) is 18.4 Å². The highest BCUT2D eigenvalue weighted by Gasteiger charge is 2.39. The lowest BCUT2D eigenvalue weighted by Crippen LogP contribution is -2.31. The molecule has 1 fully saturated rings. The van der Waals surface area contributed by atoms with E-state index in [4.69, 9.17) is 5.73 Å². The minimum atomic E-state index is 0.320. The van der Waals surface area contributed by atoms with Crippen molar-refractivity contribution in [3.63, 3.8) is 0 Å². The Morgan fingerprint density at radius 3 is 2.78 bits per heavy atom. The van der Waals surface area contributed by atoms with E-state index in [0.29, 0.717) is 11.3 Å². The minimum Gasteiger partial charge on any atom is -0.330 e. The maximum Gasteiger partial charge on any atom is 0.139 e. The highest BCUT2D eigenvalue weighted by molar-refractivity contribution is 5.14. The molecule has 0 spiro atoms. The van der Waals surface area contributed by atoms with Crippen LogP contribution in [0.4, 0.5) is 0 Å². The summed E-state index contributed by atoms with van der Waals surface area (Å²) < 4.78 is 2.40. The molecular formula is C14H24N4. The zero-order chi connectivity index (χ0) is 12.6. The molecule has 1 saturated carbocycles. The molecule has 1 unspecified atom stereocenters. The van der Waals surface area contributed by atoms with E-state index in [1.54, 1.807) is 0 Å². The Hall–Kier alpha value is -0.900. The normalized spacial score (nSPS) is 26.2. The highest BCUT2D eigenvalue weighted by Crippen LogP contribution is 2.43. The molecule has 0 amide bonds. The van der Waals surface area contributed by atoms with Crippen molar-refractivity contribution in [2.24, 2.45) is 11.7 Å². The summed E-state index contributed by atoms with van der Waals surface area (Å²) in [6.07, 6.45) is 8.69. The second kappa shape index (κ2) is 4.65. The number of nitrogens with two attached hydrogens (primary N) is 1. The minimum absolute atomic E-state index is 0.320. The van der Waals surface area contributed by atoms with E-state index in [-0.39, 0.29) is 0 Å². The molecule has 3 rings (SSSR count). The van der Waals surface area contributed by atoms with E-state index in [1.807, 2.05) is 0 Å². The third kappa shape index (κ3) is 1.78. The first kappa shape index (κ1) is 12.2. The Morgan fingerprint density at radius 2 is 2.11 bits per heavy atom. The van der Waals surface area contributed by atoms with Crippen molar-refractivity contribution in [3.8, 4) is 0 Å². The number of nitrogens with zero attached hydrogens (tertiary/aromatic N) is 3. The van der Waals surface area contributed by atoms with Gasteiger partial charge in [-0.3, -0.25) is 0 Å². The first-order valence-corrected chi connectivity index (χ1v) is 7.41. The molecule has 1 aliphatic carbocycles. The lowest BCUT2D eigenvalue weighted by Gasteiger charge is -2.30. The standard InChI is InChI=1S/C14H24N4/c1-2-14(6-3-4-7-14)13-17-16-12-9-11(10-15)5-8-18(12)13/h11H,2-10,15H2,1H3. The third-order valence-corrected chi connectivity index (χ3v) is 5.10. The smallest absolute Gasteiger partial charge is 0.139 e. The van der Waals surface area contributed by atoms with Gasteiger partial charge in [0.15, 0.2) is 0 Å². The van der Waals surface area contributed by atoms with Gasteiger partial charge in [-0.1, -0.05) is 19.8 Å². The second-order valence-corrected chi connectivity index (χ2v) is 6.03. The van der Waals surface area contributed by atoms with Gasteiger partial charge in [0.25, 0.3) is 0 Å². The van der Waals surface area contributed by atoms with E-state index in [9.17, 15) is 0 Å². The van der Waals surface area contributed by atoms with Gasteiger partial charge in [-0.2, -0.15) is 0 Å². The summed E-state index contributed by atoms with van der Waals surface area (Å²) in [5, 5.41) is 9.01. The van der Waals surface area contributed by atoms with Gasteiger partial charge < -0.3 is 10.3 Å². The molecule has 2 N–H and O–H groups in total. The van der Waals surface area contributed by atoms with Gasteiger partial charge in [0.2, 0.25) is 0 Å². The van der Waals surface area contributed by atoms with Crippen molar-refractivity contribution < 1.29 is 0 Å². The number of aromatic nitrogens is 3. The molecule has 1 aromatic rings. The van der Waals surface area contributed by atoms with Crippen LogP contribution in [0.3, 0.4) is 0 Å². The summed E-state index contributed by atoms with van der Waals surface area (Å²) in [4.78, 5) is 0. The quantitative estimate of drug-likeness (QED) is 0.890. The van der Waals surface area contributed by atoms with Gasteiger partial charge >= 0.3 is 0 Å². The predicted octanol–water partition coefficient (Wildman–Crippen LogP) is 2.02. The molecule has 1 aromatic heterocycles. The van der Waals surface area contributed by atoms with E-state index in [1.165, 1.54) is 50.2 Å². The van der Waals surface area contributed by atoms with Gasteiger partial charge in [0.05, 0.1) is 0 Å². The third-order valence-electron chi connectivity index (χ3n) is 5.10. The zero-order valence-electron chi connectivity index (χ0n) is 11.4. The number of hydrogen-bond donors (Lipinski definition) is 1. The van der Waals surface area contributed by atoms with Crippen LogP contribution in [0.15, 0.2) is 0 Å². The lowest BCUT2D eigenvalue weighted by atomic mass is 9.82. The Labute approximate surface area is 109 Å². The van der Waals surface area contributed by atoms with Crippen LogP contribution >= 0.6 is 0 Å². The average molecular weight is 248 g/mol. The Morgan fingerprint density at radius 1 is 1.33 bits per heavy atom. The van der Waals surface area contributed by atoms with Gasteiger partial charge in [-0.05, 0) is 38.1 Å². The number of fused-ring (bicyclic) bond motifs is 1. The van der Waals surface area contributed by atoms with Crippen LogP contribution in [-0.4, -0.2) is 21.3 Å². The first-order chi connectivity index (χ1) is 8.79. The van der Waals surface area contributed by atoms with Crippen LogP contribution in [0.25, 0.3) is 0 Å². The first-order valence-electron chi connectivity index (χ1n) is 7.41. The molecule has 0 radical (unpaired) electrons. The summed E-state index contributed by atoms with van der Waals surface area (Å²) in [6.45, 7) is 4.15. The van der Waals surface area contributed by atoms with Crippen LogP contribution in [0.5, 0.6) is 0 Å². The summed E-state index contributed by atoms with van der Waals surface area (Å²) in [5.74, 6) is 3.05. The van der Waals surface area contributed by atoms with E-state index < -0.39 is 0 Å². The highest BCUT2D eigenvalue weighted by atomic mass is 15.3. The molecule has 2 heterocycles. The summed E-state index contributed by atoms with van der Waals surface area (Å²) >= 11 is 0. The molecule has 100 valence electrons. The van der Waals surface area contributed by atoms with E-state index in [2.05, 4.69) is 21.7 Å². The summed E-state index contributed by atoms with van der Waals surface area (Å²) in [6, 6.07) is 0. The van der Waals surface area contributed by atoms with Gasteiger partial charge in [-0.25, -0.2) is 0 Å². The molecule has 0 aromatic carbocycles. The SMILES string of the molecule is CCC1(c2nnc3n2CCC(CN)C3)CCCC1. The summed E-state index contributed by atoms with van der Waals surface area (Å²) in [7, 11) is 0. The number of hydrogen-bond acceptors (Lipinski definition) is 3. The van der Waals surface area contributed by atoms with E-state index in [0.717, 1.165) is 19.5 Å². The molecule has 0 saturated heterocycles. The van der Waals surface area contributed by atoms with Crippen LogP contribution < -0.4 is 5.73 Å². The lowest BCUT2D eigenvalue weighted by molar-refractivity contribution is 0.338. The maximum absolute atomic E-state index is 5.78. The monoisotopic (exact) mass is 248 g/mol. The Kier molecular flexibility index (Phi) is 3.14. The average Bonchev–Trinajstić information content (AvgIpc) is 3.04. The fraction of sp³-hybridized carbons (Fsp3) is 0.857. The van der Waals surface area contributed by atoms with Crippen molar-refractivity contribution in [2.75, 3.05) is 6.54 Å². The topological polar surface area (TPSA) is 56.7 Å². The van der Waals surface area contributed by atoms with E-state index >= 15 is 0 Å².